The molecule has 0 saturated carbocycles. The van der Waals surface area contributed by atoms with E-state index in [0.29, 0.717) is 35.1 Å². The van der Waals surface area contributed by atoms with Gasteiger partial charge in [0.1, 0.15) is 5.82 Å². The first kappa shape index (κ1) is 20.7. The Morgan fingerprint density at radius 2 is 1.97 bits per heavy atom. The summed E-state index contributed by atoms with van der Waals surface area (Å²) in [4.78, 5) is 0. The van der Waals surface area contributed by atoms with E-state index in [4.69, 9.17) is 21.7 Å². The molecule has 0 aliphatic rings. The molecule has 3 rings (SSSR count). The van der Waals surface area contributed by atoms with Crippen LogP contribution in [0.15, 0.2) is 47.6 Å². The highest BCUT2D eigenvalue weighted by molar-refractivity contribution is 7.71. The normalized spacial score (nSPS) is 11.3. The molecule has 1 aromatic heterocycles. The molecule has 6 nitrogen and oxygen atoms in total. The van der Waals surface area contributed by atoms with Crippen LogP contribution in [0.1, 0.15) is 37.7 Å². The number of aromatic nitrogens is 3. The van der Waals surface area contributed by atoms with E-state index >= 15 is 0 Å². The van der Waals surface area contributed by atoms with Gasteiger partial charge >= 0.3 is 0 Å². The average molecular weight is 415 g/mol. The van der Waals surface area contributed by atoms with Crippen LogP contribution in [0.5, 0.6) is 11.5 Å². The van der Waals surface area contributed by atoms with E-state index < -0.39 is 0 Å². The molecule has 29 heavy (non-hydrogen) atoms. The van der Waals surface area contributed by atoms with Gasteiger partial charge in [-0.05, 0) is 74.4 Å². The summed E-state index contributed by atoms with van der Waals surface area (Å²) >= 11 is 5.29. The smallest absolute Gasteiger partial charge is 0.216 e. The predicted molar refractivity (Wildman–Crippen MR) is 113 cm³/mol. The fourth-order valence-corrected chi connectivity index (χ4v) is 2.89. The topological polar surface area (TPSA) is 64.4 Å². The number of benzene rings is 2. The predicted octanol–water partition coefficient (Wildman–Crippen LogP) is 4.74. The van der Waals surface area contributed by atoms with Crippen LogP contribution in [-0.4, -0.2) is 33.8 Å². The lowest BCUT2D eigenvalue weighted by Gasteiger charge is -2.14. The summed E-state index contributed by atoms with van der Waals surface area (Å²) in [5, 5.41) is 11.4. The Labute approximate surface area is 174 Å². The van der Waals surface area contributed by atoms with Gasteiger partial charge in [-0.1, -0.05) is 12.1 Å². The van der Waals surface area contributed by atoms with Crippen molar-refractivity contribution in [3.8, 4) is 11.5 Å². The minimum absolute atomic E-state index is 0.0482. The molecule has 2 aromatic carbocycles. The summed E-state index contributed by atoms with van der Waals surface area (Å²) in [6.07, 6.45) is 2.20. The zero-order valence-electron chi connectivity index (χ0n) is 16.6. The molecule has 0 aliphatic carbocycles. The van der Waals surface area contributed by atoms with Crippen LogP contribution in [0.2, 0.25) is 0 Å². The van der Waals surface area contributed by atoms with Gasteiger partial charge in [0, 0.05) is 6.42 Å². The largest absolute Gasteiger partial charge is 0.490 e. The number of H-pyrrole nitrogens is 1. The van der Waals surface area contributed by atoms with E-state index in [0.717, 1.165) is 11.1 Å². The zero-order chi connectivity index (χ0) is 20.8. The molecular formula is C21H23FN4O2S. The van der Waals surface area contributed by atoms with Gasteiger partial charge in [-0.2, -0.15) is 14.9 Å². The number of rotatable bonds is 8. The van der Waals surface area contributed by atoms with Crippen LogP contribution in [-0.2, 0) is 6.42 Å². The van der Waals surface area contributed by atoms with Crippen LogP contribution in [0.25, 0.3) is 0 Å². The number of hydrogen-bond donors (Lipinski definition) is 1. The molecule has 1 heterocycles. The Bertz CT molecular complexity index is 1040. The van der Waals surface area contributed by atoms with Gasteiger partial charge < -0.3 is 9.47 Å². The Kier molecular flexibility index (Phi) is 6.77. The molecular weight excluding hydrogens is 391 g/mol. The third-order valence-electron chi connectivity index (χ3n) is 3.95. The molecule has 0 unspecified atom stereocenters. The van der Waals surface area contributed by atoms with Crippen LogP contribution in [0.4, 0.5) is 4.39 Å². The third-order valence-corrected chi connectivity index (χ3v) is 4.21. The highest BCUT2D eigenvalue weighted by Gasteiger charge is 2.09. The van der Waals surface area contributed by atoms with Crippen molar-refractivity contribution in [2.45, 2.75) is 33.3 Å². The molecule has 0 bridgehead atoms. The first-order valence-electron chi connectivity index (χ1n) is 9.35. The number of nitrogens with zero attached hydrogens (tertiary/aromatic N) is 3. The fourth-order valence-electron chi connectivity index (χ4n) is 2.69. The zero-order valence-corrected chi connectivity index (χ0v) is 17.4. The summed E-state index contributed by atoms with van der Waals surface area (Å²) in [5.41, 5.74) is 1.74. The summed E-state index contributed by atoms with van der Waals surface area (Å²) in [6, 6.07) is 11.9. The van der Waals surface area contributed by atoms with Crippen LogP contribution in [0, 0.1) is 10.6 Å². The highest BCUT2D eigenvalue weighted by atomic mass is 32.1. The second kappa shape index (κ2) is 9.47. The number of nitrogens with one attached hydrogen (secondary N) is 1. The summed E-state index contributed by atoms with van der Waals surface area (Å²) in [6.45, 7) is 6.39. The molecule has 0 saturated heterocycles. The van der Waals surface area contributed by atoms with Gasteiger partial charge in [-0.3, -0.25) is 5.10 Å². The maximum atomic E-state index is 13.1. The minimum atomic E-state index is -0.277. The van der Waals surface area contributed by atoms with E-state index in [1.54, 1.807) is 23.0 Å². The van der Waals surface area contributed by atoms with Crippen LogP contribution in [0.3, 0.4) is 0 Å². The molecule has 0 fully saturated rings. The second-order valence-electron chi connectivity index (χ2n) is 6.61. The molecule has 3 aromatic rings. The average Bonchev–Trinajstić information content (AvgIpc) is 3.03. The van der Waals surface area contributed by atoms with Gasteiger partial charge in [0.2, 0.25) is 4.77 Å². The minimum Gasteiger partial charge on any atom is -0.490 e. The quantitative estimate of drug-likeness (QED) is 0.427. The Morgan fingerprint density at radius 3 is 2.66 bits per heavy atom. The van der Waals surface area contributed by atoms with Crippen molar-refractivity contribution in [1.29, 1.82) is 0 Å². The first-order chi connectivity index (χ1) is 14.0. The standard InChI is InChI=1S/C21H23FN4O2S/c1-4-27-19-11-16(7-10-18(19)28-14(2)3)13-23-26-20(24-25-21(26)29)12-15-5-8-17(22)9-6-15/h5-11,13-14H,4,12H2,1-3H3,(H,25,29)/b23-13-. The van der Waals surface area contributed by atoms with Crippen molar-refractivity contribution in [2.24, 2.45) is 5.10 Å². The van der Waals surface area contributed by atoms with E-state index in [2.05, 4.69) is 15.3 Å². The van der Waals surface area contributed by atoms with Gasteiger partial charge in [0.25, 0.3) is 0 Å². The third kappa shape index (κ3) is 5.51. The number of aromatic amines is 1. The number of hydrogen-bond acceptors (Lipinski definition) is 5. The van der Waals surface area contributed by atoms with Gasteiger partial charge in [0.05, 0.1) is 18.9 Å². The van der Waals surface area contributed by atoms with Crippen molar-refractivity contribution in [3.05, 3.63) is 70.0 Å². The molecule has 0 amide bonds. The Hall–Kier alpha value is -3.00. The Morgan fingerprint density at radius 1 is 1.21 bits per heavy atom. The monoisotopic (exact) mass is 414 g/mol. The fraction of sp³-hybridized carbons (Fsp3) is 0.286. The molecule has 1 N–H and O–H groups in total. The van der Waals surface area contributed by atoms with Gasteiger partial charge in [-0.25, -0.2) is 4.39 Å². The molecule has 0 radical (unpaired) electrons. The molecule has 0 spiro atoms. The molecule has 0 atom stereocenters. The second-order valence-corrected chi connectivity index (χ2v) is 7.00. The van der Waals surface area contributed by atoms with Crippen molar-refractivity contribution in [3.63, 3.8) is 0 Å². The maximum absolute atomic E-state index is 13.1. The lowest BCUT2D eigenvalue weighted by Crippen LogP contribution is -2.07. The van der Waals surface area contributed by atoms with E-state index in [1.165, 1.54) is 12.1 Å². The van der Waals surface area contributed by atoms with Crippen LogP contribution < -0.4 is 9.47 Å². The number of halogens is 1. The lowest BCUT2D eigenvalue weighted by molar-refractivity contribution is 0.224. The summed E-state index contributed by atoms with van der Waals surface area (Å²) < 4.78 is 26.5. The summed E-state index contributed by atoms with van der Waals surface area (Å²) in [5.74, 6) is 1.70. The summed E-state index contributed by atoms with van der Waals surface area (Å²) in [7, 11) is 0. The molecule has 152 valence electrons. The Balaban J connectivity index is 1.84. The SMILES string of the molecule is CCOc1cc(/C=N\n2c(Cc3ccc(F)cc3)n[nH]c2=S)ccc1OC(C)C. The van der Waals surface area contributed by atoms with Gasteiger partial charge in [-0.15, -0.1) is 0 Å². The molecule has 8 heteroatoms. The van der Waals surface area contributed by atoms with E-state index in [-0.39, 0.29) is 11.9 Å². The van der Waals surface area contributed by atoms with Crippen molar-refractivity contribution in [1.82, 2.24) is 14.9 Å². The van der Waals surface area contributed by atoms with Gasteiger partial charge in [0.15, 0.2) is 17.3 Å². The maximum Gasteiger partial charge on any atom is 0.216 e. The van der Waals surface area contributed by atoms with Crippen LogP contribution >= 0.6 is 12.2 Å². The number of ether oxygens (including phenoxy) is 2. The van der Waals surface area contributed by atoms with E-state index in [1.807, 2.05) is 39.0 Å². The lowest BCUT2D eigenvalue weighted by atomic mass is 10.1. The van der Waals surface area contributed by atoms with Crippen molar-refractivity contribution >= 4 is 18.4 Å². The molecule has 0 aliphatic heterocycles. The van der Waals surface area contributed by atoms with Crippen molar-refractivity contribution < 1.29 is 13.9 Å². The van der Waals surface area contributed by atoms with E-state index in [9.17, 15) is 4.39 Å². The first-order valence-corrected chi connectivity index (χ1v) is 9.75. The highest BCUT2D eigenvalue weighted by Crippen LogP contribution is 2.29. The van der Waals surface area contributed by atoms with Crippen molar-refractivity contribution in [2.75, 3.05) is 6.61 Å².